The summed E-state index contributed by atoms with van der Waals surface area (Å²) < 4.78 is 40.5. The highest BCUT2D eigenvalue weighted by atomic mass is 31.2. The van der Waals surface area contributed by atoms with Gasteiger partial charge in [0.15, 0.2) is 0 Å². The van der Waals surface area contributed by atoms with E-state index in [9.17, 15) is 8.39 Å². The van der Waals surface area contributed by atoms with Gasteiger partial charge in [0.2, 0.25) is 23.8 Å². The van der Waals surface area contributed by atoms with Crippen LogP contribution in [-0.4, -0.2) is 7.11 Å². The zero-order valence-electron chi connectivity index (χ0n) is 6.24. The summed E-state index contributed by atoms with van der Waals surface area (Å²) in [5, 5.41) is 0. The zero-order chi connectivity index (χ0) is 9.19. The van der Waals surface area contributed by atoms with Gasteiger partial charge in [0.25, 0.3) is 0 Å². The van der Waals surface area contributed by atoms with E-state index in [2.05, 4.69) is 20.1 Å². The molecule has 0 saturated heterocycles. The Kier molecular flexibility index (Phi) is 3.42. The van der Waals surface area contributed by atoms with Crippen LogP contribution < -0.4 is 0 Å². The van der Waals surface area contributed by atoms with Crippen LogP contribution in [0, 0.1) is 0 Å². The van der Waals surface area contributed by atoms with E-state index >= 15 is 0 Å². The summed E-state index contributed by atoms with van der Waals surface area (Å²) >= 11 is 0. The first-order valence-electron chi connectivity index (χ1n) is 2.93. The smallest absolute Gasteiger partial charge is 0.237 e. The van der Waals surface area contributed by atoms with E-state index in [1.807, 2.05) is 0 Å². The first kappa shape index (κ1) is 10.3. The van der Waals surface area contributed by atoms with Crippen molar-refractivity contribution in [3.63, 3.8) is 0 Å². The van der Waals surface area contributed by atoms with E-state index in [1.165, 1.54) is 12.9 Å². The van der Waals surface area contributed by atoms with Gasteiger partial charge in [-0.15, -0.1) is 0 Å². The summed E-state index contributed by atoms with van der Waals surface area (Å²) in [6.07, 6.45) is 0. The Morgan fingerprint density at radius 1 is 1.50 bits per heavy atom. The predicted molar refractivity (Wildman–Crippen MR) is 50.3 cm³/mol. The van der Waals surface area contributed by atoms with Gasteiger partial charge < -0.3 is 4.52 Å². The van der Waals surface area contributed by atoms with Crippen LogP contribution in [0.5, 0.6) is 0 Å². The highest BCUT2D eigenvalue weighted by Gasteiger charge is 2.18. The fourth-order valence-corrected chi connectivity index (χ4v) is 6.32. The molecule has 0 saturated carbocycles. The monoisotopic (exact) mass is 233 g/mol. The molecular weight excluding hydrogens is 225 g/mol. The van der Waals surface area contributed by atoms with E-state index in [-0.39, 0.29) is 0 Å². The lowest BCUT2D eigenvalue weighted by Crippen LogP contribution is -1.75. The average Bonchev–Trinajstić information content (AvgIpc) is 2.02. The minimum Gasteiger partial charge on any atom is -0.328 e. The van der Waals surface area contributed by atoms with E-state index < -0.39 is 23.8 Å². The van der Waals surface area contributed by atoms with Gasteiger partial charge in [-0.2, -0.15) is 21.9 Å². The van der Waals surface area contributed by atoms with Crippen molar-refractivity contribution in [2.45, 2.75) is 0 Å². The molecule has 1 aliphatic heterocycles. The highest BCUT2D eigenvalue weighted by Crippen LogP contribution is 2.67. The van der Waals surface area contributed by atoms with Crippen LogP contribution in [0.25, 0.3) is 0 Å². The Bertz CT molecular complexity index is 322. The average molecular weight is 233 g/mol. The third-order valence-electron chi connectivity index (χ3n) is 1.14. The van der Waals surface area contributed by atoms with Crippen LogP contribution in [0.4, 0.5) is 8.39 Å². The number of hydrogen-bond acceptors (Lipinski definition) is 4. The van der Waals surface area contributed by atoms with Crippen molar-refractivity contribution in [3.05, 3.63) is 12.4 Å². The first-order chi connectivity index (χ1) is 5.62. The van der Waals surface area contributed by atoms with Gasteiger partial charge in [-0.05, 0) is 5.82 Å². The van der Waals surface area contributed by atoms with Crippen LogP contribution in [0.2, 0.25) is 0 Å². The second-order valence-electron chi connectivity index (χ2n) is 1.80. The standard InChI is InChI=1S/C3H8F2N3OP3/c1-3-12(9-2)7-10(4)6-11(5)8-12/h3,10-11H,1H2,2H3. The van der Waals surface area contributed by atoms with Crippen LogP contribution in [0.15, 0.2) is 25.9 Å². The summed E-state index contributed by atoms with van der Waals surface area (Å²) in [6, 6.07) is 0. The van der Waals surface area contributed by atoms with Crippen molar-refractivity contribution in [1.82, 2.24) is 0 Å². The quantitative estimate of drug-likeness (QED) is 0.658. The molecule has 9 heteroatoms. The molecule has 0 aromatic carbocycles. The SMILES string of the molecule is C=CP1(OC)=N[PH](F)=N[PH](F)=N1. The summed E-state index contributed by atoms with van der Waals surface area (Å²) in [7, 11) is -6.97. The lowest BCUT2D eigenvalue weighted by atomic mass is 11.3. The molecule has 0 N–H and O–H groups in total. The van der Waals surface area contributed by atoms with Gasteiger partial charge >= 0.3 is 0 Å². The Balaban J connectivity index is 3.24. The number of nitrogens with zero attached hydrogens (tertiary/aromatic N) is 3. The largest absolute Gasteiger partial charge is 0.328 e. The molecule has 0 aliphatic carbocycles. The van der Waals surface area contributed by atoms with E-state index in [0.717, 1.165) is 0 Å². The van der Waals surface area contributed by atoms with Gasteiger partial charge in [0.05, 0.1) is 0 Å². The molecule has 0 aromatic heterocycles. The summed E-state index contributed by atoms with van der Waals surface area (Å²) in [5.74, 6) is 1.27. The predicted octanol–water partition coefficient (Wildman–Crippen LogP) is 4.22. The molecule has 1 heterocycles. The molecule has 4 nitrogen and oxygen atoms in total. The van der Waals surface area contributed by atoms with Gasteiger partial charge in [0.1, 0.15) is 0 Å². The molecule has 0 amide bonds. The number of rotatable bonds is 2. The summed E-state index contributed by atoms with van der Waals surface area (Å²) in [4.78, 5) is 0. The van der Waals surface area contributed by atoms with Crippen molar-refractivity contribution in [2.24, 2.45) is 13.5 Å². The Labute approximate surface area is 70.5 Å². The van der Waals surface area contributed by atoms with Crippen LogP contribution in [0.3, 0.4) is 0 Å². The third kappa shape index (κ3) is 2.14. The van der Waals surface area contributed by atoms with Crippen molar-refractivity contribution >= 4 is 23.8 Å². The normalized spacial score (nSPS) is 40.6. The third-order valence-corrected chi connectivity index (χ3v) is 7.24. The number of hydrogen-bond donors (Lipinski definition) is 0. The fourth-order valence-electron chi connectivity index (χ4n) is 0.618. The molecule has 3 atom stereocenters. The van der Waals surface area contributed by atoms with E-state index in [1.54, 1.807) is 0 Å². The number of halogens is 2. The zero-order valence-corrected chi connectivity index (χ0v) is 9.13. The molecule has 3 unspecified atom stereocenters. The van der Waals surface area contributed by atoms with Gasteiger partial charge in [-0.25, -0.2) is 0 Å². The summed E-state index contributed by atoms with van der Waals surface area (Å²) in [5.41, 5.74) is 0. The first-order valence-corrected chi connectivity index (χ1v) is 7.16. The second kappa shape index (κ2) is 3.97. The minimum atomic E-state index is -2.79. The van der Waals surface area contributed by atoms with Gasteiger partial charge in [-0.1, -0.05) is 6.58 Å². The van der Waals surface area contributed by atoms with E-state index in [0.29, 0.717) is 0 Å². The van der Waals surface area contributed by atoms with Crippen molar-refractivity contribution in [1.29, 1.82) is 0 Å². The minimum absolute atomic E-state index is 1.27. The van der Waals surface area contributed by atoms with Gasteiger partial charge in [0, 0.05) is 7.11 Å². The lowest BCUT2D eigenvalue weighted by Gasteiger charge is -2.14. The molecule has 0 spiro atoms. The lowest BCUT2D eigenvalue weighted by molar-refractivity contribution is 0.460. The Morgan fingerprint density at radius 2 is 2.17 bits per heavy atom. The van der Waals surface area contributed by atoms with E-state index in [4.69, 9.17) is 4.52 Å². The van der Waals surface area contributed by atoms with Crippen LogP contribution >= 0.6 is 23.8 Å². The maximum absolute atomic E-state index is 12.7. The maximum atomic E-state index is 12.7. The molecule has 0 fully saturated rings. The molecular formula is C3H8F2N3OP3. The fraction of sp³-hybridized carbons (Fsp3) is 0.333. The van der Waals surface area contributed by atoms with Crippen molar-refractivity contribution in [2.75, 3.05) is 7.11 Å². The van der Waals surface area contributed by atoms with Crippen molar-refractivity contribution < 1.29 is 12.9 Å². The molecule has 12 heavy (non-hydrogen) atoms. The molecule has 1 rings (SSSR count). The molecule has 0 radical (unpaired) electrons. The molecule has 0 bridgehead atoms. The molecule has 70 valence electrons. The maximum Gasteiger partial charge on any atom is 0.237 e. The van der Waals surface area contributed by atoms with Crippen LogP contribution in [-0.2, 0) is 4.52 Å². The summed E-state index contributed by atoms with van der Waals surface area (Å²) in [6.45, 7) is 3.39. The molecule has 0 aromatic rings. The molecule has 1 aliphatic rings. The topological polar surface area (TPSA) is 46.3 Å². The van der Waals surface area contributed by atoms with Gasteiger partial charge in [-0.3, -0.25) is 0 Å². The van der Waals surface area contributed by atoms with Crippen molar-refractivity contribution in [3.8, 4) is 0 Å². The Hall–Kier alpha value is 0.250. The highest BCUT2D eigenvalue weighted by molar-refractivity contribution is 7.74. The van der Waals surface area contributed by atoms with Crippen LogP contribution in [0.1, 0.15) is 0 Å². The second-order valence-corrected chi connectivity index (χ2v) is 7.28. The Morgan fingerprint density at radius 3 is 2.58 bits per heavy atom.